The molecule has 0 unspecified atom stereocenters. The van der Waals surface area contributed by atoms with E-state index >= 15 is 0 Å². The van der Waals surface area contributed by atoms with Gasteiger partial charge in [0.15, 0.2) is 0 Å². The first kappa shape index (κ1) is 7.47. The highest BCUT2D eigenvalue weighted by Crippen LogP contribution is 2.15. The molecular weight excluding hydrogens is 137 g/mol. The normalized spacial score (nSPS) is 40.0. The van der Waals surface area contributed by atoms with E-state index < -0.39 is 18.2 Å². The molecule has 0 aromatic rings. The minimum absolute atomic E-state index is 0.0938. The predicted molar refractivity (Wildman–Crippen MR) is 33.5 cm³/mol. The van der Waals surface area contributed by atoms with Gasteiger partial charge in [0.1, 0.15) is 12.2 Å². The van der Waals surface area contributed by atoms with Gasteiger partial charge in [-0.05, 0) is 6.92 Å². The van der Waals surface area contributed by atoms with Crippen molar-refractivity contribution in [3.63, 3.8) is 0 Å². The molecule has 2 N–H and O–H groups in total. The van der Waals surface area contributed by atoms with Gasteiger partial charge in [-0.1, -0.05) is 0 Å². The fourth-order valence-corrected chi connectivity index (χ4v) is 1.09. The largest absolute Gasteiger partial charge is 0.480 e. The minimum atomic E-state index is -1.01. The Morgan fingerprint density at radius 1 is 1.80 bits per heavy atom. The summed E-state index contributed by atoms with van der Waals surface area (Å²) in [4.78, 5) is 10.3. The van der Waals surface area contributed by atoms with E-state index in [0.29, 0.717) is 0 Å². The SMILES string of the molecule is C[C@@H]1N[C@H](C(=O)O)C[C@H]1F. The van der Waals surface area contributed by atoms with Crippen molar-refractivity contribution < 1.29 is 14.3 Å². The molecule has 0 bridgehead atoms. The van der Waals surface area contributed by atoms with Gasteiger partial charge in [-0.25, -0.2) is 4.39 Å². The van der Waals surface area contributed by atoms with Crippen LogP contribution < -0.4 is 5.32 Å². The monoisotopic (exact) mass is 147 g/mol. The first-order valence-electron chi connectivity index (χ1n) is 3.24. The molecule has 1 heterocycles. The van der Waals surface area contributed by atoms with Crippen LogP contribution >= 0.6 is 0 Å². The topological polar surface area (TPSA) is 49.3 Å². The molecule has 1 fully saturated rings. The molecule has 10 heavy (non-hydrogen) atoms. The van der Waals surface area contributed by atoms with Gasteiger partial charge < -0.3 is 5.11 Å². The van der Waals surface area contributed by atoms with Gasteiger partial charge in [-0.2, -0.15) is 0 Å². The molecule has 3 atom stereocenters. The molecule has 1 aliphatic rings. The number of carboxylic acid groups (broad SMARTS) is 1. The van der Waals surface area contributed by atoms with E-state index in [9.17, 15) is 9.18 Å². The van der Waals surface area contributed by atoms with Gasteiger partial charge in [0, 0.05) is 12.5 Å². The lowest BCUT2D eigenvalue weighted by Crippen LogP contribution is -2.34. The first-order valence-corrected chi connectivity index (χ1v) is 3.24. The average molecular weight is 147 g/mol. The third kappa shape index (κ3) is 1.26. The molecule has 3 nitrogen and oxygen atoms in total. The molecule has 0 aliphatic carbocycles. The number of nitrogens with one attached hydrogen (secondary N) is 1. The smallest absolute Gasteiger partial charge is 0.320 e. The first-order chi connectivity index (χ1) is 4.61. The second-order valence-electron chi connectivity index (χ2n) is 2.60. The van der Waals surface area contributed by atoms with Gasteiger partial charge in [0.25, 0.3) is 0 Å². The minimum Gasteiger partial charge on any atom is -0.480 e. The van der Waals surface area contributed by atoms with Crippen molar-refractivity contribution in [3.8, 4) is 0 Å². The Labute approximate surface area is 58.2 Å². The van der Waals surface area contributed by atoms with Gasteiger partial charge >= 0.3 is 5.97 Å². The lowest BCUT2D eigenvalue weighted by atomic mass is 10.2. The summed E-state index contributed by atoms with van der Waals surface area (Å²) >= 11 is 0. The highest BCUT2D eigenvalue weighted by molar-refractivity contribution is 5.74. The van der Waals surface area contributed by atoms with Gasteiger partial charge in [0.2, 0.25) is 0 Å². The molecule has 1 rings (SSSR count). The fourth-order valence-electron chi connectivity index (χ4n) is 1.09. The lowest BCUT2D eigenvalue weighted by molar-refractivity contribution is -0.139. The molecule has 1 aliphatic heterocycles. The highest BCUT2D eigenvalue weighted by Gasteiger charge is 2.34. The zero-order valence-corrected chi connectivity index (χ0v) is 5.67. The Morgan fingerprint density at radius 3 is 2.60 bits per heavy atom. The van der Waals surface area contributed by atoms with Crippen LogP contribution in [-0.2, 0) is 4.79 Å². The van der Waals surface area contributed by atoms with E-state index in [1.54, 1.807) is 6.92 Å². The number of hydrogen-bond donors (Lipinski definition) is 2. The van der Waals surface area contributed by atoms with E-state index in [-0.39, 0.29) is 12.5 Å². The standard InChI is InChI=1S/C6H10FNO2/c1-3-4(7)2-5(8-3)6(9)10/h3-5,8H,2H2,1H3,(H,9,10)/t3-,4+,5-/m0/s1. The average Bonchev–Trinajstić information content (AvgIpc) is 2.13. The van der Waals surface area contributed by atoms with Crippen LogP contribution in [0.1, 0.15) is 13.3 Å². The van der Waals surface area contributed by atoms with E-state index in [2.05, 4.69) is 5.32 Å². The summed E-state index contributed by atoms with van der Waals surface area (Å²) in [5.74, 6) is -0.966. The van der Waals surface area contributed by atoms with Crippen LogP contribution in [0, 0.1) is 0 Å². The summed E-state index contributed by atoms with van der Waals surface area (Å²) < 4.78 is 12.6. The summed E-state index contributed by atoms with van der Waals surface area (Å²) in [5, 5.41) is 11.0. The number of hydrogen-bond acceptors (Lipinski definition) is 2. The molecule has 1 saturated heterocycles. The molecule has 4 heteroatoms. The van der Waals surface area contributed by atoms with Crippen LogP contribution in [0.15, 0.2) is 0 Å². The van der Waals surface area contributed by atoms with Crippen LogP contribution in [0.2, 0.25) is 0 Å². The van der Waals surface area contributed by atoms with Crippen molar-refractivity contribution in [1.82, 2.24) is 5.32 Å². The maximum atomic E-state index is 12.6. The molecule has 58 valence electrons. The zero-order valence-electron chi connectivity index (χ0n) is 5.67. The summed E-state index contributed by atoms with van der Waals surface area (Å²) in [6.45, 7) is 1.65. The molecule has 0 spiro atoms. The van der Waals surface area contributed by atoms with Crippen LogP contribution in [0.4, 0.5) is 4.39 Å². The number of carbonyl (C=O) groups is 1. The van der Waals surface area contributed by atoms with E-state index in [1.165, 1.54) is 0 Å². The van der Waals surface area contributed by atoms with Crippen molar-refractivity contribution >= 4 is 5.97 Å². The Kier molecular flexibility index (Phi) is 1.89. The Morgan fingerprint density at radius 2 is 2.40 bits per heavy atom. The third-order valence-corrected chi connectivity index (χ3v) is 1.77. The molecule has 0 saturated carbocycles. The number of carboxylic acids is 1. The van der Waals surface area contributed by atoms with Crippen molar-refractivity contribution in [2.75, 3.05) is 0 Å². The number of halogens is 1. The Bertz CT molecular complexity index is 141. The van der Waals surface area contributed by atoms with Crippen LogP contribution in [0.25, 0.3) is 0 Å². The van der Waals surface area contributed by atoms with Gasteiger partial charge in [-0.15, -0.1) is 0 Å². The van der Waals surface area contributed by atoms with Crippen LogP contribution in [0.3, 0.4) is 0 Å². The second-order valence-corrected chi connectivity index (χ2v) is 2.60. The second kappa shape index (κ2) is 2.54. The van der Waals surface area contributed by atoms with Crippen molar-refractivity contribution in [3.05, 3.63) is 0 Å². The van der Waals surface area contributed by atoms with E-state index in [0.717, 1.165) is 0 Å². The maximum absolute atomic E-state index is 12.6. The van der Waals surface area contributed by atoms with Crippen molar-refractivity contribution in [1.29, 1.82) is 0 Å². The van der Waals surface area contributed by atoms with E-state index in [1.807, 2.05) is 0 Å². The summed E-state index contributed by atoms with van der Waals surface area (Å²) in [6, 6.07) is -1.01. The van der Waals surface area contributed by atoms with Gasteiger partial charge in [-0.3, -0.25) is 10.1 Å². The molecule has 0 radical (unpaired) electrons. The summed E-state index contributed by atoms with van der Waals surface area (Å²) in [6.07, 6.45) is -0.919. The molecular formula is C6H10FNO2. The van der Waals surface area contributed by atoms with Crippen LogP contribution in [-0.4, -0.2) is 29.3 Å². The zero-order chi connectivity index (χ0) is 7.72. The third-order valence-electron chi connectivity index (χ3n) is 1.77. The Hall–Kier alpha value is -0.640. The van der Waals surface area contributed by atoms with Crippen molar-refractivity contribution in [2.24, 2.45) is 0 Å². The molecule has 0 aromatic heterocycles. The summed E-state index contributed by atoms with van der Waals surface area (Å²) in [7, 11) is 0. The quantitative estimate of drug-likeness (QED) is 0.555. The molecule has 0 amide bonds. The number of aliphatic carboxylic acids is 1. The van der Waals surface area contributed by atoms with E-state index in [4.69, 9.17) is 5.11 Å². The summed E-state index contributed by atoms with van der Waals surface area (Å²) in [5.41, 5.74) is 0. The van der Waals surface area contributed by atoms with Crippen LogP contribution in [0.5, 0.6) is 0 Å². The molecule has 0 aromatic carbocycles. The number of alkyl halides is 1. The fraction of sp³-hybridized carbons (Fsp3) is 0.833. The van der Waals surface area contributed by atoms with Crippen molar-refractivity contribution in [2.45, 2.75) is 31.6 Å². The number of rotatable bonds is 1. The highest BCUT2D eigenvalue weighted by atomic mass is 19.1. The van der Waals surface area contributed by atoms with Gasteiger partial charge in [0.05, 0.1) is 0 Å². The maximum Gasteiger partial charge on any atom is 0.320 e. The Balaban J connectivity index is 2.49. The predicted octanol–water partition coefficient (Wildman–Crippen LogP) is 0.159. The lowest BCUT2D eigenvalue weighted by Gasteiger charge is -2.04.